The number of thiazole rings is 1. The first-order valence-electron chi connectivity index (χ1n) is 8.46. The zero-order valence-electron chi connectivity index (χ0n) is 13.8. The summed E-state index contributed by atoms with van der Waals surface area (Å²) in [4.78, 5) is 19.2. The average Bonchev–Trinajstić information content (AvgIpc) is 3.05. The first kappa shape index (κ1) is 17.1. The number of nitrogens with zero attached hydrogens (tertiary/aromatic N) is 2. The van der Waals surface area contributed by atoms with Crippen LogP contribution in [0.4, 0.5) is 0 Å². The van der Waals surface area contributed by atoms with Gasteiger partial charge in [0.05, 0.1) is 5.01 Å². The van der Waals surface area contributed by atoms with Gasteiger partial charge in [0.2, 0.25) is 0 Å². The predicted molar refractivity (Wildman–Crippen MR) is 97.1 cm³/mol. The zero-order valence-corrected chi connectivity index (χ0v) is 14.6. The van der Waals surface area contributed by atoms with Crippen LogP contribution in [0.15, 0.2) is 35.7 Å². The van der Waals surface area contributed by atoms with Gasteiger partial charge in [-0.25, -0.2) is 4.98 Å². The van der Waals surface area contributed by atoms with E-state index in [2.05, 4.69) is 39.5 Å². The summed E-state index contributed by atoms with van der Waals surface area (Å²) in [5.74, 6) is -0.0684. The Labute approximate surface area is 146 Å². The topological polar surface area (TPSA) is 71.2 Å². The molecule has 1 unspecified atom stereocenters. The Kier molecular flexibility index (Phi) is 5.96. The Balaban J connectivity index is 1.53. The lowest BCUT2D eigenvalue weighted by Crippen LogP contribution is -2.47. The van der Waals surface area contributed by atoms with Crippen LogP contribution < -0.4 is 11.1 Å². The number of carbonyl (C=O) groups excluding carboxylic acids is 1. The van der Waals surface area contributed by atoms with Crippen LogP contribution in [0.1, 0.15) is 33.9 Å². The summed E-state index contributed by atoms with van der Waals surface area (Å²) in [5, 5.41) is 5.89. The molecule has 1 aliphatic rings. The van der Waals surface area contributed by atoms with Crippen LogP contribution in [-0.4, -0.2) is 41.5 Å². The normalized spacial score (nSPS) is 18.5. The van der Waals surface area contributed by atoms with Gasteiger partial charge in [-0.05, 0) is 31.5 Å². The van der Waals surface area contributed by atoms with E-state index in [1.807, 2.05) is 11.4 Å². The van der Waals surface area contributed by atoms with Crippen LogP contribution in [0.2, 0.25) is 0 Å². The van der Waals surface area contributed by atoms with Gasteiger partial charge in [0.1, 0.15) is 5.69 Å². The fourth-order valence-electron chi connectivity index (χ4n) is 3.07. The van der Waals surface area contributed by atoms with Crippen molar-refractivity contribution < 1.29 is 4.79 Å². The van der Waals surface area contributed by atoms with E-state index in [1.165, 1.54) is 16.9 Å². The molecule has 1 saturated heterocycles. The zero-order chi connectivity index (χ0) is 16.8. The van der Waals surface area contributed by atoms with E-state index in [1.54, 1.807) is 0 Å². The van der Waals surface area contributed by atoms with Crippen molar-refractivity contribution in [2.45, 2.75) is 31.8 Å². The molecule has 24 heavy (non-hydrogen) atoms. The van der Waals surface area contributed by atoms with Crippen molar-refractivity contribution in [3.63, 3.8) is 0 Å². The highest BCUT2D eigenvalue weighted by atomic mass is 32.1. The van der Waals surface area contributed by atoms with Crippen LogP contribution in [0, 0.1) is 0 Å². The van der Waals surface area contributed by atoms with Gasteiger partial charge in [0, 0.05) is 30.9 Å². The summed E-state index contributed by atoms with van der Waals surface area (Å²) in [7, 11) is 0. The van der Waals surface area contributed by atoms with Gasteiger partial charge >= 0.3 is 0 Å². The van der Waals surface area contributed by atoms with Crippen molar-refractivity contribution >= 4 is 17.2 Å². The minimum Gasteiger partial charge on any atom is -0.347 e. The third kappa shape index (κ3) is 4.63. The van der Waals surface area contributed by atoms with E-state index in [-0.39, 0.29) is 11.9 Å². The number of nitrogens with one attached hydrogen (secondary N) is 1. The molecule has 1 aliphatic heterocycles. The lowest BCUT2D eigenvalue weighted by atomic mass is 10.0. The highest BCUT2D eigenvalue weighted by Crippen LogP contribution is 2.15. The standard InChI is InChI=1S/C18H24N4OS/c19-9-8-17-21-16(13-24-17)18(23)20-15-7-4-10-22(12-15)11-14-5-2-1-3-6-14/h1-3,5-6,13,15H,4,7-12,19H2,(H,20,23). The number of hydrogen-bond acceptors (Lipinski definition) is 5. The molecule has 2 heterocycles. The monoisotopic (exact) mass is 344 g/mol. The van der Waals surface area contributed by atoms with Crippen LogP contribution in [0.25, 0.3) is 0 Å². The molecule has 0 aliphatic carbocycles. The van der Waals surface area contributed by atoms with Gasteiger partial charge < -0.3 is 11.1 Å². The molecular formula is C18H24N4OS. The van der Waals surface area contributed by atoms with E-state index in [4.69, 9.17) is 5.73 Å². The number of aromatic nitrogens is 1. The molecule has 0 spiro atoms. The average molecular weight is 344 g/mol. The summed E-state index contributed by atoms with van der Waals surface area (Å²) in [6.07, 6.45) is 2.86. The maximum atomic E-state index is 12.4. The molecule has 1 atom stereocenters. The maximum Gasteiger partial charge on any atom is 0.271 e. The smallest absolute Gasteiger partial charge is 0.271 e. The number of carbonyl (C=O) groups is 1. The molecule has 1 aromatic heterocycles. The highest BCUT2D eigenvalue weighted by molar-refractivity contribution is 7.09. The molecule has 0 saturated carbocycles. The predicted octanol–water partition coefficient (Wildman–Crippen LogP) is 2.04. The Bertz CT molecular complexity index is 658. The lowest BCUT2D eigenvalue weighted by Gasteiger charge is -2.33. The van der Waals surface area contributed by atoms with E-state index in [9.17, 15) is 4.79 Å². The van der Waals surface area contributed by atoms with E-state index in [0.29, 0.717) is 12.2 Å². The second kappa shape index (κ2) is 8.37. The minimum atomic E-state index is -0.0684. The third-order valence-electron chi connectivity index (χ3n) is 4.23. The number of piperidine rings is 1. The summed E-state index contributed by atoms with van der Waals surface area (Å²) >= 11 is 1.50. The molecule has 128 valence electrons. The first-order valence-corrected chi connectivity index (χ1v) is 9.34. The molecule has 0 radical (unpaired) electrons. The number of amides is 1. The van der Waals surface area contributed by atoms with Crippen molar-refractivity contribution in [3.8, 4) is 0 Å². The van der Waals surface area contributed by atoms with E-state index in [0.717, 1.165) is 43.9 Å². The Morgan fingerprint density at radius 3 is 3.00 bits per heavy atom. The molecule has 0 bridgehead atoms. The summed E-state index contributed by atoms with van der Waals surface area (Å²) in [6, 6.07) is 10.7. The number of nitrogens with two attached hydrogens (primary N) is 1. The SMILES string of the molecule is NCCc1nc(C(=O)NC2CCCN(Cc3ccccc3)C2)cs1. The van der Waals surface area contributed by atoms with Gasteiger partial charge in [0.15, 0.2) is 0 Å². The first-order chi connectivity index (χ1) is 11.7. The minimum absolute atomic E-state index is 0.0684. The molecule has 3 N–H and O–H groups in total. The summed E-state index contributed by atoms with van der Waals surface area (Å²) < 4.78 is 0. The second-order valence-electron chi connectivity index (χ2n) is 6.20. The van der Waals surface area contributed by atoms with Gasteiger partial charge in [-0.15, -0.1) is 11.3 Å². The van der Waals surface area contributed by atoms with Crippen molar-refractivity contribution in [2.75, 3.05) is 19.6 Å². The van der Waals surface area contributed by atoms with Gasteiger partial charge in [-0.3, -0.25) is 9.69 Å². The fraction of sp³-hybridized carbons (Fsp3) is 0.444. The number of rotatable bonds is 6. The molecule has 6 heteroatoms. The Hall–Kier alpha value is -1.76. The molecule has 1 fully saturated rings. The van der Waals surface area contributed by atoms with E-state index < -0.39 is 0 Å². The Morgan fingerprint density at radius 1 is 1.38 bits per heavy atom. The number of likely N-dealkylation sites (tertiary alicyclic amines) is 1. The molecule has 5 nitrogen and oxygen atoms in total. The molecular weight excluding hydrogens is 320 g/mol. The molecule has 1 amide bonds. The van der Waals surface area contributed by atoms with Crippen molar-refractivity contribution in [3.05, 3.63) is 52.0 Å². The van der Waals surface area contributed by atoms with Gasteiger partial charge in [-0.1, -0.05) is 30.3 Å². The molecule has 3 rings (SSSR count). The second-order valence-corrected chi connectivity index (χ2v) is 7.14. The number of benzene rings is 1. The van der Waals surface area contributed by atoms with Crippen LogP contribution in [0.3, 0.4) is 0 Å². The van der Waals surface area contributed by atoms with E-state index >= 15 is 0 Å². The third-order valence-corrected chi connectivity index (χ3v) is 5.14. The molecule has 2 aromatic rings. The van der Waals surface area contributed by atoms with Crippen LogP contribution >= 0.6 is 11.3 Å². The van der Waals surface area contributed by atoms with Crippen molar-refractivity contribution in [1.29, 1.82) is 0 Å². The summed E-state index contributed by atoms with van der Waals surface area (Å²) in [6.45, 7) is 3.47. The van der Waals surface area contributed by atoms with Gasteiger partial charge in [-0.2, -0.15) is 0 Å². The van der Waals surface area contributed by atoms with Crippen LogP contribution in [0.5, 0.6) is 0 Å². The van der Waals surface area contributed by atoms with Crippen molar-refractivity contribution in [1.82, 2.24) is 15.2 Å². The molecule has 1 aromatic carbocycles. The van der Waals surface area contributed by atoms with Gasteiger partial charge in [0.25, 0.3) is 5.91 Å². The summed E-state index contributed by atoms with van der Waals surface area (Å²) in [5.41, 5.74) is 7.37. The van der Waals surface area contributed by atoms with Crippen molar-refractivity contribution in [2.24, 2.45) is 5.73 Å². The van der Waals surface area contributed by atoms with Crippen LogP contribution in [-0.2, 0) is 13.0 Å². The Morgan fingerprint density at radius 2 is 2.21 bits per heavy atom. The lowest BCUT2D eigenvalue weighted by molar-refractivity contribution is 0.0896. The quantitative estimate of drug-likeness (QED) is 0.841. The largest absolute Gasteiger partial charge is 0.347 e. The highest BCUT2D eigenvalue weighted by Gasteiger charge is 2.22. The maximum absolute atomic E-state index is 12.4. The number of hydrogen-bond donors (Lipinski definition) is 2. The fourth-order valence-corrected chi connectivity index (χ4v) is 3.87.